The van der Waals surface area contributed by atoms with Crippen molar-refractivity contribution in [3.8, 4) is 11.3 Å². The summed E-state index contributed by atoms with van der Waals surface area (Å²) in [7, 11) is -3.83. The fraction of sp³-hybridized carbons (Fsp3) is 0.261. The van der Waals surface area contributed by atoms with Gasteiger partial charge in [-0.3, -0.25) is 0 Å². The number of sulfonamides is 1. The van der Waals surface area contributed by atoms with E-state index >= 15 is 0 Å². The highest BCUT2D eigenvalue weighted by atomic mass is 32.2. The molecule has 32 heavy (non-hydrogen) atoms. The SMILES string of the molecule is C=CCN1c2ncccc2-c2nc(Nc3ccc4c(c3)CNCC43CC3)ncc2S1(=O)=O. The monoisotopic (exact) mass is 446 g/mol. The largest absolute Gasteiger partial charge is 0.324 e. The van der Waals surface area contributed by atoms with Gasteiger partial charge in [0.15, 0.2) is 5.82 Å². The van der Waals surface area contributed by atoms with E-state index < -0.39 is 10.0 Å². The minimum Gasteiger partial charge on any atom is -0.324 e. The topological polar surface area (TPSA) is 100 Å². The van der Waals surface area contributed by atoms with Crippen molar-refractivity contribution in [3.05, 3.63) is 66.5 Å². The maximum absolute atomic E-state index is 13.2. The molecule has 3 aliphatic rings. The van der Waals surface area contributed by atoms with Gasteiger partial charge in [-0.1, -0.05) is 12.1 Å². The number of fused-ring (bicyclic) bond motifs is 5. The van der Waals surface area contributed by atoms with Crippen LogP contribution in [0.1, 0.15) is 24.0 Å². The van der Waals surface area contributed by atoms with Gasteiger partial charge in [0.25, 0.3) is 10.0 Å². The van der Waals surface area contributed by atoms with Gasteiger partial charge in [0.1, 0.15) is 10.6 Å². The first-order valence-electron chi connectivity index (χ1n) is 10.6. The number of nitrogens with one attached hydrogen (secondary N) is 2. The van der Waals surface area contributed by atoms with Crippen molar-refractivity contribution in [1.29, 1.82) is 0 Å². The van der Waals surface area contributed by atoms with E-state index in [2.05, 4.69) is 44.3 Å². The lowest BCUT2D eigenvalue weighted by Gasteiger charge is -2.29. The number of rotatable bonds is 4. The van der Waals surface area contributed by atoms with E-state index in [1.54, 1.807) is 12.3 Å². The summed E-state index contributed by atoms with van der Waals surface area (Å²) < 4.78 is 27.6. The van der Waals surface area contributed by atoms with Gasteiger partial charge in [0, 0.05) is 36.0 Å². The van der Waals surface area contributed by atoms with Gasteiger partial charge in [-0.05, 0) is 48.2 Å². The third kappa shape index (κ3) is 2.85. The summed E-state index contributed by atoms with van der Waals surface area (Å²) in [5.74, 6) is 0.690. The second-order valence-corrected chi connectivity index (χ2v) is 10.3. The molecule has 0 bridgehead atoms. The molecular weight excluding hydrogens is 424 g/mol. The summed E-state index contributed by atoms with van der Waals surface area (Å²) in [6.07, 6.45) is 6.94. The minimum atomic E-state index is -3.83. The van der Waals surface area contributed by atoms with Crippen LogP contribution in [0.25, 0.3) is 11.3 Å². The van der Waals surface area contributed by atoms with Crippen molar-refractivity contribution in [2.45, 2.75) is 29.7 Å². The molecular formula is C23H22N6O2S. The maximum Gasteiger partial charge on any atom is 0.269 e. The van der Waals surface area contributed by atoms with Crippen molar-refractivity contribution in [2.75, 3.05) is 22.7 Å². The lowest BCUT2D eigenvalue weighted by atomic mass is 9.88. The van der Waals surface area contributed by atoms with Crippen LogP contribution in [0.2, 0.25) is 0 Å². The van der Waals surface area contributed by atoms with Crippen LogP contribution in [-0.2, 0) is 22.0 Å². The van der Waals surface area contributed by atoms with Crippen molar-refractivity contribution >= 4 is 27.5 Å². The highest BCUT2D eigenvalue weighted by Crippen LogP contribution is 2.50. The molecule has 4 heterocycles. The fourth-order valence-corrected chi connectivity index (χ4v) is 6.22. The highest BCUT2D eigenvalue weighted by Gasteiger charge is 2.46. The summed E-state index contributed by atoms with van der Waals surface area (Å²) in [6.45, 7) is 5.68. The van der Waals surface area contributed by atoms with Crippen molar-refractivity contribution in [3.63, 3.8) is 0 Å². The van der Waals surface area contributed by atoms with E-state index in [0.717, 1.165) is 18.8 Å². The molecule has 0 unspecified atom stereocenters. The molecule has 9 heteroatoms. The molecule has 0 amide bonds. The first-order chi connectivity index (χ1) is 15.5. The molecule has 1 fully saturated rings. The van der Waals surface area contributed by atoms with E-state index in [1.165, 1.54) is 40.5 Å². The molecule has 8 nitrogen and oxygen atoms in total. The molecule has 3 aromatic rings. The van der Waals surface area contributed by atoms with Crippen LogP contribution in [0.3, 0.4) is 0 Å². The second-order valence-electron chi connectivity index (χ2n) is 8.49. The van der Waals surface area contributed by atoms with Crippen LogP contribution in [0.15, 0.2) is 60.3 Å². The van der Waals surface area contributed by atoms with Crippen LogP contribution >= 0.6 is 0 Å². The highest BCUT2D eigenvalue weighted by molar-refractivity contribution is 7.93. The Labute approximate surface area is 186 Å². The van der Waals surface area contributed by atoms with Crippen molar-refractivity contribution < 1.29 is 8.42 Å². The predicted molar refractivity (Wildman–Crippen MR) is 122 cm³/mol. The summed E-state index contributed by atoms with van der Waals surface area (Å²) in [4.78, 5) is 13.3. The normalized spacial score (nSPS) is 18.9. The molecule has 0 atom stereocenters. The molecule has 1 aromatic carbocycles. The van der Waals surface area contributed by atoms with Crippen LogP contribution in [0.5, 0.6) is 0 Å². The van der Waals surface area contributed by atoms with Crippen LogP contribution in [0.4, 0.5) is 17.5 Å². The average molecular weight is 447 g/mol. The molecule has 1 spiro atoms. The van der Waals surface area contributed by atoms with Gasteiger partial charge in [-0.15, -0.1) is 6.58 Å². The van der Waals surface area contributed by atoms with Crippen molar-refractivity contribution in [2.24, 2.45) is 0 Å². The summed E-state index contributed by atoms with van der Waals surface area (Å²) in [5.41, 5.74) is 4.91. The second kappa shape index (κ2) is 6.85. The van der Waals surface area contributed by atoms with Crippen LogP contribution < -0.4 is 14.9 Å². The molecule has 2 N–H and O–H groups in total. The third-order valence-corrected chi connectivity index (χ3v) is 8.22. The van der Waals surface area contributed by atoms with Gasteiger partial charge in [0.2, 0.25) is 5.95 Å². The smallest absolute Gasteiger partial charge is 0.269 e. The lowest BCUT2D eigenvalue weighted by Crippen LogP contribution is -2.35. The number of pyridine rings is 1. The number of hydrogen-bond acceptors (Lipinski definition) is 7. The molecule has 1 saturated carbocycles. The summed E-state index contributed by atoms with van der Waals surface area (Å²) in [5, 5.41) is 6.77. The third-order valence-electron chi connectivity index (χ3n) is 6.46. The Morgan fingerprint density at radius 2 is 2.12 bits per heavy atom. The maximum atomic E-state index is 13.2. The molecule has 6 rings (SSSR count). The molecule has 2 aromatic heterocycles. The average Bonchev–Trinajstić information content (AvgIpc) is 3.56. The number of benzene rings is 1. The van der Waals surface area contributed by atoms with E-state index in [1.807, 2.05) is 12.1 Å². The van der Waals surface area contributed by atoms with Gasteiger partial charge in [0.05, 0.1) is 12.7 Å². The van der Waals surface area contributed by atoms with E-state index in [4.69, 9.17) is 0 Å². The Kier molecular flexibility index (Phi) is 4.15. The zero-order valence-corrected chi connectivity index (χ0v) is 18.2. The number of hydrogen-bond donors (Lipinski definition) is 2. The zero-order chi connectivity index (χ0) is 21.9. The molecule has 162 valence electrons. The molecule has 2 aliphatic heterocycles. The Bertz CT molecular complexity index is 1370. The first kappa shape index (κ1) is 19.4. The first-order valence-corrected chi connectivity index (χ1v) is 12.0. The molecule has 0 radical (unpaired) electrons. The van der Waals surface area contributed by atoms with E-state index in [-0.39, 0.29) is 11.4 Å². The summed E-state index contributed by atoms with van der Waals surface area (Å²) in [6, 6.07) is 9.96. The molecule has 1 aliphatic carbocycles. The summed E-state index contributed by atoms with van der Waals surface area (Å²) >= 11 is 0. The van der Waals surface area contributed by atoms with Gasteiger partial charge in [-0.2, -0.15) is 0 Å². The Morgan fingerprint density at radius 1 is 1.25 bits per heavy atom. The number of nitrogens with zero attached hydrogens (tertiary/aromatic N) is 4. The predicted octanol–water partition coefficient (Wildman–Crippen LogP) is 3.11. The van der Waals surface area contributed by atoms with Crippen LogP contribution in [0, 0.1) is 0 Å². The Morgan fingerprint density at radius 3 is 2.94 bits per heavy atom. The quantitative estimate of drug-likeness (QED) is 0.594. The van der Waals surface area contributed by atoms with Gasteiger partial charge >= 0.3 is 0 Å². The van der Waals surface area contributed by atoms with E-state index in [0.29, 0.717) is 28.4 Å². The van der Waals surface area contributed by atoms with Gasteiger partial charge in [-0.25, -0.2) is 27.7 Å². The zero-order valence-electron chi connectivity index (χ0n) is 17.4. The van der Waals surface area contributed by atoms with Crippen LogP contribution in [-0.4, -0.2) is 36.5 Å². The fourth-order valence-electron chi connectivity index (χ4n) is 4.72. The standard InChI is InChI=1S/C23H22N6O2S/c1-2-10-29-21-17(4-3-9-25-21)20-19(32(29,30)31)13-26-22(28-20)27-16-5-6-18-15(11-16)12-24-14-23(18)7-8-23/h2-6,9,11,13,24H,1,7-8,10,12,14H2,(H,26,27,28). The number of aromatic nitrogens is 3. The molecule has 0 saturated heterocycles. The van der Waals surface area contributed by atoms with Crippen molar-refractivity contribution in [1.82, 2.24) is 20.3 Å². The Hall–Kier alpha value is -3.30. The number of anilines is 3. The van der Waals surface area contributed by atoms with E-state index in [9.17, 15) is 8.42 Å². The lowest BCUT2D eigenvalue weighted by molar-refractivity contribution is 0.531. The minimum absolute atomic E-state index is 0.0655. The van der Waals surface area contributed by atoms with Gasteiger partial charge < -0.3 is 10.6 Å². The Balaban J connectivity index is 1.39.